The Hall–Kier alpha value is -2.38. The van der Waals surface area contributed by atoms with Gasteiger partial charge in [0, 0.05) is 6.54 Å². The zero-order chi connectivity index (χ0) is 19.0. The number of rotatable bonds is 9. The minimum Gasteiger partial charge on any atom is -0.494 e. The summed E-state index contributed by atoms with van der Waals surface area (Å²) in [6.45, 7) is 3.10. The topological polar surface area (TPSA) is 98.5 Å². The predicted molar refractivity (Wildman–Crippen MR) is 100 cm³/mol. The van der Waals surface area contributed by atoms with Crippen LogP contribution in [0.5, 0.6) is 5.75 Å². The van der Waals surface area contributed by atoms with Crippen molar-refractivity contribution in [3.8, 4) is 5.75 Å². The van der Waals surface area contributed by atoms with Crippen LogP contribution in [0.15, 0.2) is 53.4 Å². The van der Waals surface area contributed by atoms with E-state index in [0.717, 1.165) is 29.7 Å². The quantitative estimate of drug-likeness (QED) is 0.654. The first-order chi connectivity index (χ1) is 12.4. The summed E-state index contributed by atoms with van der Waals surface area (Å²) in [4.78, 5) is 12.1. The van der Waals surface area contributed by atoms with Crippen LogP contribution in [-0.2, 0) is 27.7 Å². The number of sulfonamides is 1. The molecule has 7 heteroatoms. The van der Waals surface area contributed by atoms with E-state index in [0.29, 0.717) is 19.6 Å². The fraction of sp³-hybridized carbons (Fsp3) is 0.316. The van der Waals surface area contributed by atoms with E-state index < -0.39 is 10.0 Å². The van der Waals surface area contributed by atoms with Crippen molar-refractivity contribution in [1.82, 2.24) is 5.32 Å². The Labute approximate surface area is 154 Å². The number of hydrogen-bond acceptors (Lipinski definition) is 4. The van der Waals surface area contributed by atoms with Crippen LogP contribution < -0.4 is 15.2 Å². The molecule has 0 aliphatic rings. The number of carbonyl (C=O) groups is 1. The largest absolute Gasteiger partial charge is 0.494 e. The van der Waals surface area contributed by atoms with Crippen molar-refractivity contribution in [2.45, 2.75) is 31.1 Å². The first-order valence-electron chi connectivity index (χ1n) is 8.48. The summed E-state index contributed by atoms with van der Waals surface area (Å²) in [6, 6.07) is 14.0. The van der Waals surface area contributed by atoms with Crippen molar-refractivity contribution in [1.29, 1.82) is 0 Å². The molecule has 6 nitrogen and oxygen atoms in total. The Morgan fingerprint density at radius 2 is 1.65 bits per heavy atom. The number of hydrogen-bond donors (Lipinski definition) is 2. The minimum absolute atomic E-state index is 0.0290. The number of nitrogens with one attached hydrogen (secondary N) is 1. The van der Waals surface area contributed by atoms with Crippen LogP contribution >= 0.6 is 0 Å². The molecular weight excluding hydrogens is 352 g/mol. The third kappa shape index (κ3) is 6.50. The van der Waals surface area contributed by atoms with E-state index in [1.165, 1.54) is 12.1 Å². The van der Waals surface area contributed by atoms with Gasteiger partial charge in [-0.3, -0.25) is 4.79 Å². The molecule has 0 aromatic heterocycles. The first kappa shape index (κ1) is 19.9. The number of benzene rings is 2. The summed E-state index contributed by atoms with van der Waals surface area (Å²) in [5.74, 6) is 0.767. The lowest BCUT2D eigenvalue weighted by Crippen LogP contribution is -2.26. The molecule has 0 aliphatic heterocycles. The third-order valence-corrected chi connectivity index (χ3v) is 4.74. The minimum atomic E-state index is -3.66. The number of amides is 1. The molecule has 3 N–H and O–H groups in total. The zero-order valence-corrected chi connectivity index (χ0v) is 15.6. The maximum absolute atomic E-state index is 12.0. The van der Waals surface area contributed by atoms with Crippen LogP contribution in [0.25, 0.3) is 0 Å². The molecule has 2 rings (SSSR count). The van der Waals surface area contributed by atoms with E-state index in [1.807, 2.05) is 31.2 Å². The first-order valence-corrected chi connectivity index (χ1v) is 10.0. The molecule has 0 atom stereocenters. The molecule has 1 amide bonds. The summed E-state index contributed by atoms with van der Waals surface area (Å²) in [5, 5.41) is 7.96. The van der Waals surface area contributed by atoms with Gasteiger partial charge in [0.25, 0.3) is 0 Å². The van der Waals surface area contributed by atoms with Gasteiger partial charge in [-0.2, -0.15) is 0 Å². The second kappa shape index (κ2) is 9.35. The van der Waals surface area contributed by atoms with Crippen LogP contribution in [0, 0.1) is 0 Å². The van der Waals surface area contributed by atoms with Gasteiger partial charge < -0.3 is 10.1 Å². The molecule has 2 aromatic carbocycles. The number of carbonyl (C=O) groups excluding carboxylic acids is 1. The molecule has 0 radical (unpaired) electrons. The number of aryl methyl sites for hydroxylation is 1. The molecular formula is C19H24N2O4S. The molecule has 0 saturated heterocycles. The van der Waals surface area contributed by atoms with Crippen molar-refractivity contribution >= 4 is 15.9 Å². The molecule has 0 spiro atoms. The molecule has 0 saturated carbocycles. The second-order valence-electron chi connectivity index (χ2n) is 5.90. The Kier molecular flexibility index (Phi) is 7.17. The van der Waals surface area contributed by atoms with Gasteiger partial charge in [0.2, 0.25) is 15.9 Å². The monoisotopic (exact) mass is 376 g/mol. The third-order valence-electron chi connectivity index (χ3n) is 3.82. The van der Waals surface area contributed by atoms with Gasteiger partial charge in [-0.25, -0.2) is 13.6 Å². The van der Waals surface area contributed by atoms with Crippen molar-refractivity contribution in [2.24, 2.45) is 5.14 Å². The smallest absolute Gasteiger partial charge is 0.238 e. The van der Waals surface area contributed by atoms with E-state index in [-0.39, 0.29) is 10.8 Å². The molecule has 0 bridgehead atoms. The van der Waals surface area contributed by atoms with Crippen molar-refractivity contribution in [2.75, 3.05) is 13.2 Å². The number of nitrogens with two attached hydrogens (primary N) is 1. The highest BCUT2D eigenvalue weighted by Gasteiger charge is 2.07. The fourth-order valence-corrected chi connectivity index (χ4v) is 3.00. The highest BCUT2D eigenvalue weighted by atomic mass is 32.2. The second-order valence-corrected chi connectivity index (χ2v) is 7.46. The van der Waals surface area contributed by atoms with Gasteiger partial charge in [-0.15, -0.1) is 0 Å². The molecule has 2 aromatic rings. The normalized spacial score (nSPS) is 11.2. The SMILES string of the molecule is CCOc1ccc(CC(=O)NCCCc2ccc(S(N)(=O)=O)cc2)cc1. The number of ether oxygens (including phenoxy) is 1. The maximum atomic E-state index is 12.0. The maximum Gasteiger partial charge on any atom is 0.238 e. The molecule has 0 fully saturated rings. The van der Waals surface area contributed by atoms with E-state index in [2.05, 4.69) is 5.32 Å². The average Bonchev–Trinajstić information content (AvgIpc) is 2.60. The van der Waals surface area contributed by atoms with Gasteiger partial charge in [0.15, 0.2) is 0 Å². The van der Waals surface area contributed by atoms with Gasteiger partial charge in [-0.1, -0.05) is 24.3 Å². The summed E-state index contributed by atoms with van der Waals surface area (Å²) in [5.41, 5.74) is 1.93. The molecule has 26 heavy (non-hydrogen) atoms. The lowest BCUT2D eigenvalue weighted by Gasteiger charge is -2.07. The highest BCUT2D eigenvalue weighted by molar-refractivity contribution is 7.89. The van der Waals surface area contributed by atoms with Crippen molar-refractivity contribution in [3.05, 3.63) is 59.7 Å². The Balaban J connectivity index is 1.71. The summed E-state index contributed by atoms with van der Waals surface area (Å²) in [6.07, 6.45) is 1.84. The van der Waals surface area contributed by atoms with Gasteiger partial charge >= 0.3 is 0 Å². The Morgan fingerprint density at radius 3 is 2.23 bits per heavy atom. The standard InChI is InChI=1S/C19H24N2O4S/c1-2-25-17-9-5-16(6-10-17)14-19(22)21-13-3-4-15-7-11-18(12-8-15)26(20,23)24/h5-12H,2-4,13-14H2,1H3,(H,21,22)(H2,20,23,24). The molecule has 140 valence electrons. The van der Waals surface area contributed by atoms with Crippen LogP contribution in [0.4, 0.5) is 0 Å². The summed E-state index contributed by atoms with van der Waals surface area (Å²) < 4.78 is 27.8. The van der Waals surface area contributed by atoms with E-state index in [1.54, 1.807) is 12.1 Å². The lowest BCUT2D eigenvalue weighted by molar-refractivity contribution is -0.120. The van der Waals surface area contributed by atoms with E-state index >= 15 is 0 Å². The Bertz CT molecular complexity index is 816. The lowest BCUT2D eigenvalue weighted by atomic mass is 10.1. The van der Waals surface area contributed by atoms with Gasteiger partial charge in [-0.05, 0) is 55.2 Å². The Morgan fingerprint density at radius 1 is 1.04 bits per heavy atom. The van der Waals surface area contributed by atoms with Crippen LogP contribution in [-0.4, -0.2) is 27.5 Å². The molecule has 0 heterocycles. The zero-order valence-electron chi connectivity index (χ0n) is 14.8. The average molecular weight is 376 g/mol. The van der Waals surface area contributed by atoms with E-state index in [9.17, 15) is 13.2 Å². The summed E-state index contributed by atoms with van der Waals surface area (Å²) >= 11 is 0. The van der Waals surface area contributed by atoms with Crippen LogP contribution in [0.3, 0.4) is 0 Å². The van der Waals surface area contributed by atoms with Gasteiger partial charge in [0.05, 0.1) is 17.9 Å². The van der Waals surface area contributed by atoms with Crippen molar-refractivity contribution in [3.63, 3.8) is 0 Å². The van der Waals surface area contributed by atoms with Crippen LogP contribution in [0.2, 0.25) is 0 Å². The fourth-order valence-electron chi connectivity index (χ4n) is 2.48. The van der Waals surface area contributed by atoms with Crippen LogP contribution in [0.1, 0.15) is 24.5 Å². The van der Waals surface area contributed by atoms with Crippen molar-refractivity contribution < 1.29 is 17.9 Å². The van der Waals surface area contributed by atoms with E-state index in [4.69, 9.17) is 9.88 Å². The predicted octanol–water partition coefficient (Wildman–Crippen LogP) is 2.02. The summed E-state index contributed by atoms with van der Waals surface area (Å²) in [7, 11) is -3.66. The highest BCUT2D eigenvalue weighted by Crippen LogP contribution is 2.12. The van der Waals surface area contributed by atoms with Gasteiger partial charge in [0.1, 0.15) is 5.75 Å². The molecule has 0 aliphatic carbocycles. The molecule has 0 unspecified atom stereocenters. The number of primary sulfonamides is 1.